The van der Waals surface area contributed by atoms with Gasteiger partial charge in [-0.2, -0.15) is 18.3 Å². The largest absolute Gasteiger partial charge is 0.389 e. The zero-order valence-corrected chi connectivity index (χ0v) is 5.57. The van der Waals surface area contributed by atoms with Gasteiger partial charge in [-0.25, -0.2) is 0 Å². The van der Waals surface area contributed by atoms with Gasteiger partial charge >= 0.3 is 6.18 Å². The summed E-state index contributed by atoms with van der Waals surface area (Å²) in [4.78, 5) is 0. The quantitative estimate of drug-likeness (QED) is 0.366. The molecule has 0 rings (SSSR count). The van der Waals surface area contributed by atoms with Gasteiger partial charge in [-0.3, -0.25) is 0 Å². The molecule has 0 amide bonds. The van der Waals surface area contributed by atoms with Crippen LogP contribution in [-0.2, 0) is 0 Å². The van der Waals surface area contributed by atoms with E-state index in [-0.39, 0.29) is 6.42 Å². The Morgan fingerprint density at radius 3 is 2.30 bits per heavy atom. The van der Waals surface area contributed by atoms with Crippen molar-refractivity contribution >= 4 is 5.71 Å². The van der Waals surface area contributed by atoms with E-state index in [9.17, 15) is 13.2 Å². The summed E-state index contributed by atoms with van der Waals surface area (Å²) in [5.74, 6) is 4.72. The number of halogens is 3. The Morgan fingerprint density at radius 2 is 2.00 bits per heavy atom. The summed E-state index contributed by atoms with van der Waals surface area (Å²) in [5, 5.41) is 3.11. The number of nitrogens with zero attached hydrogens (tertiary/aromatic N) is 1. The number of hydrogen-bond donors (Lipinski definition) is 1. The van der Waals surface area contributed by atoms with Crippen molar-refractivity contribution < 1.29 is 13.2 Å². The zero-order chi connectivity index (χ0) is 8.20. The molecule has 0 aromatic rings. The lowest BCUT2D eigenvalue weighted by Crippen LogP contribution is -2.09. The summed E-state index contributed by atoms with van der Waals surface area (Å²) >= 11 is 0. The highest BCUT2D eigenvalue weighted by Gasteiger charge is 2.26. The van der Waals surface area contributed by atoms with Crippen LogP contribution in [0.2, 0.25) is 0 Å². The number of alkyl halides is 3. The maximum atomic E-state index is 11.5. The molecule has 0 saturated heterocycles. The molecule has 0 aromatic carbocycles. The van der Waals surface area contributed by atoms with Crippen LogP contribution in [0.1, 0.15) is 19.8 Å². The van der Waals surface area contributed by atoms with E-state index in [4.69, 9.17) is 5.84 Å². The lowest BCUT2D eigenvalue weighted by molar-refractivity contribution is -0.132. The summed E-state index contributed by atoms with van der Waals surface area (Å²) in [6.45, 7) is 1.46. The molecule has 0 unspecified atom stereocenters. The molecule has 2 N–H and O–H groups in total. The van der Waals surface area contributed by atoms with Gasteiger partial charge in [-0.05, 0) is 13.3 Å². The van der Waals surface area contributed by atoms with Gasteiger partial charge in [0.15, 0.2) is 0 Å². The van der Waals surface area contributed by atoms with E-state index in [0.717, 1.165) is 0 Å². The van der Waals surface area contributed by atoms with E-state index in [2.05, 4.69) is 5.10 Å². The minimum Gasteiger partial charge on any atom is -0.323 e. The number of nitrogens with two attached hydrogens (primary N) is 1. The molecule has 0 saturated carbocycles. The van der Waals surface area contributed by atoms with Crippen molar-refractivity contribution in [1.82, 2.24) is 0 Å². The second-order valence-electron chi connectivity index (χ2n) is 1.98. The molecule has 0 aliphatic heterocycles. The fourth-order valence-corrected chi connectivity index (χ4v) is 0.387. The van der Waals surface area contributed by atoms with Crippen LogP contribution in [0.3, 0.4) is 0 Å². The molecule has 0 radical (unpaired) electrons. The molecule has 0 aromatic heterocycles. The summed E-state index contributed by atoms with van der Waals surface area (Å²) in [7, 11) is 0. The highest BCUT2D eigenvalue weighted by molar-refractivity contribution is 5.81. The molecule has 60 valence electrons. The highest BCUT2D eigenvalue weighted by Crippen LogP contribution is 2.21. The van der Waals surface area contributed by atoms with E-state index in [1.165, 1.54) is 6.92 Å². The van der Waals surface area contributed by atoms with Crippen LogP contribution in [0.5, 0.6) is 0 Å². The summed E-state index contributed by atoms with van der Waals surface area (Å²) in [6.07, 6.45) is -5.06. The third-order valence-electron chi connectivity index (χ3n) is 0.991. The second kappa shape index (κ2) is 3.43. The Bertz CT molecular complexity index is 127. The van der Waals surface area contributed by atoms with Gasteiger partial charge < -0.3 is 5.84 Å². The average Bonchev–Trinajstić information content (AvgIpc) is 1.81. The van der Waals surface area contributed by atoms with Crippen molar-refractivity contribution in [3.8, 4) is 0 Å². The van der Waals surface area contributed by atoms with Gasteiger partial charge in [0, 0.05) is 12.1 Å². The fourth-order valence-electron chi connectivity index (χ4n) is 0.387. The normalized spacial score (nSPS) is 13.8. The second-order valence-corrected chi connectivity index (χ2v) is 1.98. The van der Waals surface area contributed by atoms with Crippen molar-refractivity contribution in [3.05, 3.63) is 0 Å². The van der Waals surface area contributed by atoms with Crippen LogP contribution in [0.25, 0.3) is 0 Å². The van der Waals surface area contributed by atoms with E-state index in [0.29, 0.717) is 5.71 Å². The zero-order valence-electron chi connectivity index (χ0n) is 5.57. The summed E-state index contributed by atoms with van der Waals surface area (Å²) < 4.78 is 34.4. The molecule has 0 heterocycles. The first kappa shape index (κ1) is 9.26. The Morgan fingerprint density at radius 1 is 1.50 bits per heavy atom. The van der Waals surface area contributed by atoms with Gasteiger partial charge in [0.2, 0.25) is 0 Å². The molecule has 0 fully saturated rings. The molecular formula is C5H9F3N2. The molecule has 0 atom stereocenters. The van der Waals surface area contributed by atoms with Crippen LogP contribution in [0.15, 0.2) is 5.10 Å². The Kier molecular flexibility index (Phi) is 3.18. The first-order valence-corrected chi connectivity index (χ1v) is 2.76. The van der Waals surface area contributed by atoms with Crippen molar-refractivity contribution in [2.75, 3.05) is 0 Å². The van der Waals surface area contributed by atoms with Crippen LogP contribution in [0.4, 0.5) is 13.2 Å². The third kappa shape index (κ3) is 5.40. The predicted molar refractivity (Wildman–Crippen MR) is 32.6 cm³/mol. The molecule has 0 aliphatic carbocycles. The standard InChI is InChI=1S/C5H9F3N2/c1-4(10-9)2-3-5(6,7)8/h2-3,9H2,1H3/b10-4+. The Labute approximate surface area is 56.9 Å². The molecule has 0 spiro atoms. The third-order valence-corrected chi connectivity index (χ3v) is 0.991. The van der Waals surface area contributed by atoms with Gasteiger partial charge in [0.05, 0.1) is 0 Å². The smallest absolute Gasteiger partial charge is 0.323 e. The lowest BCUT2D eigenvalue weighted by Gasteiger charge is -2.03. The van der Waals surface area contributed by atoms with Crippen molar-refractivity contribution in [2.45, 2.75) is 25.9 Å². The minimum absolute atomic E-state index is 0.111. The summed E-state index contributed by atoms with van der Waals surface area (Å²) in [6, 6.07) is 0. The van der Waals surface area contributed by atoms with Crippen LogP contribution < -0.4 is 5.84 Å². The average molecular weight is 154 g/mol. The van der Waals surface area contributed by atoms with Crippen molar-refractivity contribution in [1.29, 1.82) is 0 Å². The first-order chi connectivity index (χ1) is 4.45. The van der Waals surface area contributed by atoms with E-state index >= 15 is 0 Å². The maximum Gasteiger partial charge on any atom is 0.389 e. The molecule has 5 heteroatoms. The Hall–Kier alpha value is -0.740. The maximum absolute atomic E-state index is 11.5. The molecule has 2 nitrogen and oxygen atoms in total. The number of hydrogen-bond acceptors (Lipinski definition) is 2. The topological polar surface area (TPSA) is 38.4 Å². The van der Waals surface area contributed by atoms with Crippen LogP contribution >= 0.6 is 0 Å². The molecular weight excluding hydrogens is 145 g/mol. The van der Waals surface area contributed by atoms with Gasteiger partial charge in [-0.15, -0.1) is 0 Å². The monoisotopic (exact) mass is 154 g/mol. The fraction of sp³-hybridized carbons (Fsp3) is 0.800. The van der Waals surface area contributed by atoms with Crippen molar-refractivity contribution in [2.24, 2.45) is 10.9 Å². The summed E-state index contributed by atoms with van der Waals surface area (Å²) in [5.41, 5.74) is 0.317. The van der Waals surface area contributed by atoms with E-state index in [1.54, 1.807) is 0 Å². The van der Waals surface area contributed by atoms with Crippen LogP contribution in [0, 0.1) is 0 Å². The van der Waals surface area contributed by atoms with Crippen molar-refractivity contribution in [3.63, 3.8) is 0 Å². The van der Waals surface area contributed by atoms with Gasteiger partial charge in [-0.1, -0.05) is 0 Å². The highest BCUT2D eigenvalue weighted by atomic mass is 19.4. The number of rotatable bonds is 2. The van der Waals surface area contributed by atoms with Crippen LogP contribution in [-0.4, -0.2) is 11.9 Å². The molecule has 0 aliphatic rings. The van der Waals surface area contributed by atoms with E-state index in [1.807, 2.05) is 0 Å². The minimum atomic E-state index is -4.11. The predicted octanol–water partition coefficient (Wildman–Crippen LogP) is 1.66. The molecule has 0 bridgehead atoms. The van der Waals surface area contributed by atoms with E-state index < -0.39 is 12.6 Å². The number of hydrazone groups is 1. The lowest BCUT2D eigenvalue weighted by atomic mass is 10.2. The van der Waals surface area contributed by atoms with Gasteiger partial charge in [0.25, 0.3) is 0 Å². The SMILES string of the molecule is C/C(CCC(F)(F)F)=N\N. The van der Waals surface area contributed by atoms with Gasteiger partial charge in [0.1, 0.15) is 0 Å². The molecule has 10 heavy (non-hydrogen) atoms. The first-order valence-electron chi connectivity index (χ1n) is 2.76. The Balaban J connectivity index is 3.56.